The molecule has 0 radical (unpaired) electrons. The molecule has 1 amide bonds. The molecule has 0 bridgehead atoms. The van der Waals surface area contributed by atoms with Crippen LogP contribution in [-0.4, -0.2) is 37.0 Å². The summed E-state index contributed by atoms with van der Waals surface area (Å²) in [7, 11) is 2.14. The number of carbonyl (C=O) groups excluding carboxylic acids is 1. The van der Waals surface area contributed by atoms with Gasteiger partial charge in [0.15, 0.2) is 0 Å². The van der Waals surface area contributed by atoms with E-state index in [4.69, 9.17) is 0 Å². The van der Waals surface area contributed by atoms with Crippen molar-refractivity contribution >= 4 is 5.91 Å². The van der Waals surface area contributed by atoms with Crippen LogP contribution in [0.15, 0.2) is 30.3 Å². The summed E-state index contributed by atoms with van der Waals surface area (Å²) in [5.74, 6) is 0.130. The predicted octanol–water partition coefficient (Wildman–Crippen LogP) is 2.39. The maximum Gasteiger partial charge on any atom is 0.227 e. The van der Waals surface area contributed by atoms with Gasteiger partial charge in [0.1, 0.15) is 0 Å². The van der Waals surface area contributed by atoms with Crippen molar-refractivity contribution in [2.24, 2.45) is 0 Å². The van der Waals surface area contributed by atoms with E-state index in [1.165, 1.54) is 12.8 Å². The Kier molecular flexibility index (Phi) is 4.97. The summed E-state index contributed by atoms with van der Waals surface area (Å²) in [4.78, 5) is 14.5. The van der Waals surface area contributed by atoms with Gasteiger partial charge >= 0.3 is 0 Å². The zero-order valence-corrected chi connectivity index (χ0v) is 11.9. The van der Waals surface area contributed by atoms with E-state index in [0.29, 0.717) is 0 Å². The predicted molar refractivity (Wildman–Crippen MR) is 78.1 cm³/mol. The van der Waals surface area contributed by atoms with Crippen LogP contribution in [0.25, 0.3) is 0 Å². The van der Waals surface area contributed by atoms with Gasteiger partial charge in [0.2, 0.25) is 5.91 Å². The van der Waals surface area contributed by atoms with Crippen LogP contribution in [0, 0.1) is 0 Å². The number of carbonyl (C=O) groups is 1. The van der Waals surface area contributed by atoms with E-state index in [1.54, 1.807) is 0 Å². The van der Waals surface area contributed by atoms with Gasteiger partial charge in [-0.15, -0.1) is 0 Å². The van der Waals surface area contributed by atoms with E-state index in [2.05, 4.69) is 24.2 Å². The minimum atomic E-state index is -0.0209. The molecule has 1 N–H and O–H groups in total. The molecule has 3 nitrogen and oxygen atoms in total. The van der Waals surface area contributed by atoms with Gasteiger partial charge in [-0.3, -0.25) is 4.79 Å². The standard InChI is InChI=1S/C16H24N2O/c1-3-15(13-7-5-4-6-8-13)16(19)17-11-12-18(2)14-9-10-14/h4-8,14-15H,3,9-12H2,1-2H3,(H,17,19). The molecular formula is C16H24N2O. The largest absolute Gasteiger partial charge is 0.354 e. The third-order valence-corrected chi connectivity index (χ3v) is 3.86. The Balaban J connectivity index is 1.80. The first-order valence-corrected chi connectivity index (χ1v) is 7.25. The molecule has 1 aromatic rings. The Labute approximate surface area is 116 Å². The lowest BCUT2D eigenvalue weighted by Gasteiger charge is -2.18. The van der Waals surface area contributed by atoms with Crippen molar-refractivity contribution in [3.05, 3.63) is 35.9 Å². The summed E-state index contributed by atoms with van der Waals surface area (Å²) in [5, 5.41) is 3.07. The maximum absolute atomic E-state index is 12.2. The highest BCUT2D eigenvalue weighted by atomic mass is 16.1. The molecule has 0 heterocycles. The molecule has 0 spiro atoms. The van der Waals surface area contributed by atoms with Crippen LogP contribution in [0.1, 0.15) is 37.7 Å². The van der Waals surface area contributed by atoms with Crippen LogP contribution in [0.3, 0.4) is 0 Å². The SMILES string of the molecule is CCC(C(=O)NCCN(C)C1CC1)c1ccccc1. The lowest BCUT2D eigenvalue weighted by molar-refractivity contribution is -0.122. The summed E-state index contributed by atoms with van der Waals surface area (Å²) in [6.07, 6.45) is 3.46. The average Bonchev–Trinajstić information content (AvgIpc) is 3.25. The van der Waals surface area contributed by atoms with Crippen LogP contribution in [0.2, 0.25) is 0 Å². The first kappa shape index (κ1) is 14.1. The Morgan fingerprint density at radius 3 is 2.63 bits per heavy atom. The minimum absolute atomic E-state index is 0.0209. The fourth-order valence-corrected chi connectivity index (χ4v) is 2.43. The molecule has 1 fully saturated rings. The van der Waals surface area contributed by atoms with Gasteiger partial charge in [-0.25, -0.2) is 0 Å². The number of hydrogen-bond donors (Lipinski definition) is 1. The van der Waals surface area contributed by atoms with E-state index < -0.39 is 0 Å². The molecule has 1 saturated carbocycles. The number of nitrogens with zero attached hydrogens (tertiary/aromatic N) is 1. The molecular weight excluding hydrogens is 236 g/mol. The lowest BCUT2D eigenvalue weighted by Crippen LogP contribution is -2.36. The highest BCUT2D eigenvalue weighted by Crippen LogP contribution is 2.24. The third kappa shape index (κ3) is 4.06. The number of hydrogen-bond acceptors (Lipinski definition) is 2. The van der Waals surface area contributed by atoms with E-state index in [0.717, 1.165) is 31.1 Å². The average molecular weight is 260 g/mol. The summed E-state index contributed by atoms with van der Waals surface area (Å²) in [6.45, 7) is 3.75. The fourth-order valence-electron chi connectivity index (χ4n) is 2.43. The molecule has 0 saturated heterocycles. The van der Waals surface area contributed by atoms with Gasteiger partial charge in [-0.05, 0) is 31.9 Å². The van der Waals surface area contributed by atoms with Crippen LogP contribution in [-0.2, 0) is 4.79 Å². The van der Waals surface area contributed by atoms with Crippen molar-refractivity contribution in [2.75, 3.05) is 20.1 Å². The molecule has 3 heteroatoms. The second kappa shape index (κ2) is 6.71. The topological polar surface area (TPSA) is 32.3 Å². The lowest BCUT2D eigenvalue weighted by atomic mass is 9.96. The molecule has 1 aliphatic carbocycles. The van der Waals surface area contributed by atoms with Crippen LogP contribution in [0.4, 0.5) is 0 Å². The number of benzene rings is 1. The number of rotatable bonds is 7. The van der Waals surface area contributed by atoms with E-state index >= 15 is 0 Å². The summed E-state index contributed by atoms with van der Waals surface area (Å²) >= 11 is 0. The Hall–Kier alpha value is -1.35. The van der Waals surface area contributed by atoms with Crippen molar-refractivity contribution in [3.63, 3.8) is 0 Å². The molecule has 1 unspecified atom stereocenters. The molecule has 104 valence electrons. The molecule has 1 aromatic carbocycles. The van der Waals surface area contributed by atoms with Crippen molar-refractivity contribution < 1.29 is 4.79 Å². The van der Waals surface area contributed by atoms with Gasteiger partial charge in [0, 0.05) is 19.1 Å². The molecule has 1 aliphatic rings. The van der Waals surface area contributed by atoms with Gasteiger partial charge in [-0.1, -0.05) is 37.3 Å². The molecule has 0 aromatic heterocycles. The second-order valence-electron chi connectivity index (χ2n) is 5.37. The zero-order valence-electron chi connectivity index (χ0n) is 11.9. The van der Waals surface area contributed by atoms with Crippen LogP contribution in [0.5, 0.6) is 0 Å². The molecule has 19 heavy (non-hydrogen) atoms. The van der Waals surface area contributed by atoms with Crippen molar-refractivity contribution in [3.8, 4) is 0 Å². The normalized spacial score (nSPS) is 16.4. The monoisotopic (exact) mass is 260 g/mol. The minimum Gasteiger partial charge on any atom is -0.354 e. The van der Waals surface area contributed by atoms with Crippen molar-refractivity contribution in [1.82, 2.24) is 10.2 Å². The molecule has 1 atom stereocenters. The highest BCUT2D eigenvalue weighted by Gasteiger charge is 2.25. The van der Waals surface area contributed by atoms with E-state index in [1.807, 2.05) is 30.3 Å². The van der Waals surface area contributed by atoms with Gasteiger partial charge in [-0.2, -0.15) is 0 Å². The second-order valence-corrected chi connectivity index (χ2v) is 5.37. The number of amides is 1. The fraction of sp³-hybridized carbons (Fsp3) is 0.562. The number of nitrogens with one attached hydrogen (secondary N) is 1. The summed E-state index contributed by atoms with van der Waals surface area (Å²) in [6, 6.07) is 10.8. The van der Waals surface area contributed by atoms with Gasteiger partial charge in [0.25, 0.3) is 0 Å². The van der Waals surface area contributed by atoms with Crippen LogP contribution >= 0.6 is 0 Å². The van der Waals surface area contributed by atoms with Gasteiger partial charge < -0.3 is 10.2 Å². The van der Waals surface area contributed by atoms with Gasteiger partial charge in [0.05, 0.1) is 5.92 Å². The molecule has 0 aliphatic heterocycles. The van der Waals surface area contributed by atoms with E-state index in [9.17, 15) is 4.79 Å². The highest BCUT2D eigenvalue weighted by molar-refractivity contribution is 5.83. The Morgan fingerprint density at radius 2 is 2.05 bits per heavy atom. The number of likely N-dealkylation sites (N-methyl/N-ethyl adjacent to an activating group) is 1. The van der Waals surface area contributed by atoms with Crippen LogP contribution < -0.4 is 5.32 Å². The van der Waals surface area contributed by atoms with Crippen molar-refractivity contribution in [2.45, 2.75) is 38.1 Å². The summed E-state index contributed by atoms with van der Waals surface area (Å²) < 4.78 is 0. The molecule has 2 rings (SSSR count). The quantitative estimate of drug-likeness (QED) is 0.816. The maximum atomic E-state index is 12.2. The summed E-state index contributed by atoms with van der Waals surface area (Å²) in [5.41, 5.74) is 1.11. The Morgan fingerprint density at radius 1 is 1.37 bits per heavy atom. The first-order valence-electron chi connectivity index (χ1n) is 7.25. The van der Waals surface area contributed by atoms with E-state index in [-0.39, 0.29) is 11.8 Å². The van der Waals surface area contributed by atoms with Crippen molar-refractivity contribution in [1.29, 1.82) is 0 Å². The Bertz CT molecular complexity index is 400. The zero-order chi connectivity index (χ0) is 13.7. The smallest absolute Gasteiger partial charge is 0.227 e. The third-order valence-electron chi connectivity index (χ3n) is 3.86. The first-order chi connectivity index (χ1) is 9.22.